The van der Waals surface area contributed by atoms with Gasteiger partial charge in [-0.05, 0) is 24.6 Å². The van der Waals surface area contributed by atoms with Crippen molar-refractivity contribution in [3.8, 4) is 0 Å². The average Bonchev–Trinajstić information content (AvgIpc) is 3.22. The van der Waals surface area contributed by atoms with Crippen molar-refractivity contribution < 1.29 is 13.5 Å². The third kappa shape index (κ3) is 2.78. The summed E-state index contributed by atoms with van der Waals surface area (Å²) in [7, 11) is 0. The maximum atomic E-state index is 14.1. The van der Waals surface area contributed by atoms with E-state index in [0.717, 1.165) is 29.0 Å². The number of hydrogen-bond donors (Lipinski definition) is 1. The van der Waals surface area contributed by atoms with Crippen LogP contribution in [0.1, 0.15) is 29.3 Å². The largest absolute Gasteiger partial charge is 0.370 e. The molecule has 140 valence electrons. The highest BCUT2D eigenvalue weighted by Crippen LogP contribution is 2.34. The summed E-state index contributed by atoms with van der Waals surface area (Å²) < 4.78 is 35.1. The zero-order chi connectivity index (χ0) is 18.5. The van der Waals surface area contributed by atoms with Crippen LogP contribution in [0.5, 0.6) is 0 Å². The van der Waals surface area contributed by atoms with Crippen LogP contribution in [0.2, 0.25) is 0 Å². The lowest BCUT2D eigenvalue weighted by atomic mass is 9.93. The van der Waals surface area contributed by atoms with Gasteiger partial charge in [-0.25, -0.2) is 23.3 Å². The van der Waals surface area contributed by atoms with Crippen LogP contribution < -0.4 is 5.73 Å². The molecule has 2 N–H and O–H groups in total. The van der Waals surface area contributed by atoms with E-state index in [0.29, 0.717) is 26.1 Å². The van der Waals surface area contributed by atoms with Crippen LogP contribution in [0, 0.1) is 11.6 Å². The molecule has 27 heavy (non-hydrogen) atoms. The molecular formula is C18H18F2N6O. The van der Waals surface area contributed by atoms with Gasteiger partial charge in [0.05, 0.1) is 12.3 Å². The quantitative estimate of drug-likeness (QED) is 0.736. The Morgan fingerprint density at radius 1 is 1.22 bits per heavy atom. The second-order valence-electron chi connectivity index (χ2n) is 7.08. The van der Waals surface area contributed by atoms with Gasteiger partial charge in [-0.2, -0.15) is 5.10 Å². The number of fused-ring (bicyclic) bond motifs is 3. The predicted octanol–water partition coefficient (Wildman–Crippen LogP) is 1.58. The third-order valence-electron chi connectivity index (χ3n) is 5.38. The molecule has 0 amide bonds. The highest BCUT2D eigenvalue weighted by atomic mass is 19.1. The number of halogens is 2. The summed E-state index contributed by atoms with van der Waals surface area (Å²) >= 11 is 0. The number of nitrogens with zero attached hydrogens (tertiary/aromatic N) is 5. The Kier molecular flexibility index (Phi) is 3.88. The van der Waals surface area contributed by atoms with Gasteiger partial charge in [0.15, 0.2) is 5.65 Å². The van der Waals surface area contributed by atoms with Gasteiger partial charge in [0.25, 0.3) is 0 Å². The lowest BCUT2D eigenvalue weighted by Gasteiger charge is -2.38. The summed E-state index contributed by atoms with van der Waals surface area (Å²) in [5, 5.41) is 4.53. The maximum absolute atomic E-state index is 14.1. The minimum Gasteiger partial charge on any atom is -0.370 e. The smallest absolute Gasteiger partial charge is 0.163 e. The molecule has 0 aliphatic carbocycles. The Bertz CT molecular complexity index is 1010. The molecule has 9 heteroatoms. The van der Waals surface area contributed by atoms with Gasteiger partial charge in [-0.3, -0.25) is 4.90 Å². The molecule has 0 spiro atoms. The van der Waals surface area contributed by atoms with Crippen LogP contribution in [-0.2, 0) is 17.8 Å². The Hall–Kier alpha value is -2.49. The van der Waals surface area contributed by atoms with Crippen molar-refractivity contribution in [2.45, 2.75) is 37.7 Å². The van der Waals surface area contributed by atoms with E-state index >= 15 is 0 Å². The third-order valence-corrected chi connectivity index (χ3v) is 5.38. The first-order valence-electron chi connectivity index (χ1n) is 8.82. The molecule has 1 fully saturated rings. The van der Waals surface area contributed by atoms with Crippen LogP contribution >= 0.6 is 0 Å². The van der Waals surface area contributed by atoms with Gasteiger partial charge in [0, 0.05) is 36.3 Å². The zero-order valence-electron chi connectivity index (χ0n) is 14.4. The fourth-order valence-electron chi connectivity index (χ4n) is 4.05. The molecule has 3 aromatic rings. The Morgan fingerprint density at radius 2 is 2.11 bits per heavy atom. The Morgan fingerprint density at radius 3 is 2.96 bits per heavy atom. The predicted molar refractivity (Wildman–Crippen MR) is 91.5 cm³/mol. The highest BCUT2D eigenvalue weighted by molar-refractivity contribution is 5.50. The van der Waals surface area contributed by atoms with E-state index in [9.17, 15) is 8.78 Å². The van der Waals surface area contributed by atoms with Crippen molar-refractivity contribution in [2.24, 2.45) is 5.73 Å². The molecular weight excluding hydrogens is 354 g/mol. The molecule has 2 aliphatic rings. The number of hydrogen-bond acceptors (Lipinski definition) is 6. The standard InChI is InChI=1S/C18H18F2N6O/c19-10-1-2-14(20)12(3-10)17-15(21)4-11(7-27-17)25-5-13-16(6-25)24-26-9-22-8-23-18(13)26/h1-3,8-9,11,15,17H,4-7,21H2/t11-,15+,17-/m1/s1. The van der Waals surface area contributed by atoms with Gasteiger partial charge < -0.3 is 10.5 Å². The summed E-state index contributed by atoms with van der Waals surface area (Å²) in [5.41, 5.74) is 9.33. The number of ether oxygens (including phenoxy) is 1. The van der Waals surface area contributed by atoms with Crippen LogP contribution in [0.4, 0.5) is 8.78 Å². The minimum atomic E-state index is -0.645. The number of rotatable bonds is 2. The molecule has 7 nitrogen and oxygen atoms in total. The molecule has 1 aromatic carbocycles. The first-order valence-corrected chi connectivity index (χ1v) is 8.82. The normalized spacial score (nSPS) is 25.8. The summed E-state index contributed by atoms with van der Waals surface area (Å²) in [4.78, 5) is 10.5. The second-order valence-corrected chi connectivity index (χ2v) is 7.08. The average molecular weight is 372 g/mol. The van der Waals surface area contributed by atoms with Gasteiger partial charge >= 0.3 is 0 Å². The van der Waals surface area contributed by atoms with E-state index in [1.807, 2.05) is 0 Å². The second kappa shape index (κ2) is 6.29. The molecule has 2 aliphatic heterocycles. The monoisotopic (exact) mass is 372 g/mol. The fraction of sp³-hybridized carbons (Fsp3) is 0.389. The maximum Gasteiger partial charge on any atom is 0.163 e. The summed E-state index contributed by atoms with van der Waals surface area (Å²) in [5.74, 6) is -0.992. The molecule has 4 heterocycles. The van der Waals surface area contributed by atoms with Gasteiger partial charge in [0.2, 0.25) is 0 Å². The Labute approximate surface area is 153 Å². The van der Waals surface area contributed by atoms with Crippen molar-refractivity contribution in [2.75, 3.05) is 6.61 Å². The molecule has 0 saturated carbocycles. The summed E-state index contributed by atoms with van der Waals surface area (Å²) in [6, 6.07) is 3.04. The van der Waals surface area contributed by atoms with E-state index in [1.165, 1.54) is 12.4 Å². The van der Waals surface area contributed by atoms with E-state index in [1.54, 1.807) is 10.8 Å². The lowest BCUT2D eigenvalue weighted by molar-refractivity contribution is -0.0532. The van der Waals surface area contributed by atoms with Crippen molar-refractivity contribution in [3.05, 3.63) is 59.3 Å². The SMILES string of the molecule is N[C@H]1C[C@@H](N2Cc3nn4cncnc4c3C2)CO[C@@H]1c1cc(F)ccc1F. The van der Waals surface area contributed by atoms with Crippen molar-refractivity contribution >= 4 is 5.65 Å². The van der Waals surface area contributed by atoms with Gasteiger partial charge in [-0.15, -0.1) is 0 Å². The van der Waals surface area contributed by atoms with Crippen molar-refractivity contribution in [1.82, 2.24) is 24.5 Å². The van der Waals surface area contributed by atoms with E-state index in [-0.39, 0.29) is 11.6 Å². The van der Waals surface area contributed by atoms with Gasteiger partial charge in [-0.1, -0.05) is 0 Å². The number of nitrogens with two attached hydrogens (primary N) is 1. The summed E-state index contributed by atoms with van der Waals surface area (Å²) in [6.45, 7) is 1.78. The van der Waals surface area contributed by atoms with Gasteiger partial charge in [0.1, 0.15) is 30.4 Å². The van der Waals surface area contributed by atoms with Crippen LogP contribution in [-0.4, -0.2) is 43.2 Å². The van der Waals surface area contributed by atoms with E-state index in [2.05, 4.69) is 20.0 Å². The topological polar surface area (TPSA) is 81.6 Å². The van der Waals surface area contributed by atoms with E-state index < -0.39 is 23.8 Å². The number of aromatic nitrogens is 4. The molecule has 0 bridgehead atoms. The molecule has 0 radical (unpaired) electrons. The Balaban J connectivity index is 1.32. The lowest BCUT2D eigenvalue weighted by Crippen LogP contribution is -2.47. The van der Waals surface area contributed by atoms with Crippen LogP contribution in [0.15, 0.2) is 30.9 Å². The molecule has 5 rings (SSSR count). The molecule has 2 aromatic heterocycles. The van der Waals surface area contributed by atoms with Crippen molar-refractivity contribution in [3.63, 3.8) is 0 Å². The van der Waals surface area contributed by atoms with E-state index in [4.69, 9.17) is 10.5 Å². The number of benzene rings is 1. The minimum absolute atomic E-state index is 0.0870. The first kappa shape index (κ1) is 16.7. The van der Waals surface area contributed by atoms with Crippen LogP contribution in [0.25, 0.3) is 5.65 Å². The molecule has 1 saturated heterocycles. The fourth-order valence-corrected chi connectivity index (χ4v) is 4.05. The first-order chi connectivity index (χ1) is 13.1. The molecule has 0 unspecified atom stereocenters. The summed E-state index contributed by atoms with van der Waals surface area (Å²) in [6.07, 6.45) is 3.14. The zero-order valence-corrected chi connectivity index (χ0v) is 14.4. The highest BCUT2D eigenvalue weighted by Gasteiger charge is 2.37. The molecule has 3 atom stereocenters. The van der Waals surface area contributed by atoms with Crippen LogP contribution in [0.3, 0.4) is 0 Å². The van der Waals surface area contributed by atoms with Crippen molar-refractivity contribution in [1.29, 1.82) is 0 Å².